The zero-order valence-corrected chi connectivity index (χ0v) is 10.4. The zero-order chi connectivity index (χ0) is 12.2. The molecule has 1 rings (SSSR count). The first-order valence-electron chi connectivity index (χ1n) is 5.32. The lowest BCUT2D eigenvalue weighted by atomic mass is 10.1. The Balaban J connectivity index is 2.29. The van der Waals surface area contributed by atoms with Crippen molar-refractivity contribution in [3.8, 4) is 0 Å². The van der Waals surface area contributed by atoms with Crippen LogP contribution < -0.4 is 5.32 Å². The van der Waals surface area contributed by atoms with Crippen molar-refractivity contribution in [2.75, 3.05) is 27.2 Å². The number of likely N-dealkylation sites (N-methyl/N-ethyl adjacent to an activating group) is 1. The molecular weight excluding hydrogens is 206 g/mol. The molecule has 6 heteroatoms. The molecule has 1 atom stereocenters. The van der Waals surface area contributed by atoms with E-state index in [2.05, 4.69) is 15.6 Å². The highest BCUT2D eigenvalue weighted by atomic mass is 16.3. The van der Waals surface area contributed by atoms with E-state index in [1.165, 1.54) is 0 Å². The molecule has 0 aliphatic carbocycles. The van der Waals surface area contributed by atoms with E-state index < -0.39 is 5.60 Å². The second kappa shape index (κ2) is 5.38. The van der Waals surface area contributed by atoms with Gasteiger partial charge in [-0.1, -0.05) is 5.21 Å². The summed E-state index contributed by atoms with van der Waals surface area (Å²) in [5.41, 5.74) is 0.147. The number of nitrogens with one attached hydrogen (secondary N) is 1. The van der Waals surface area contributed by atoms with Crippen LogP contribution in [0.15, 0.2) is 6.20 Å². The first-order chi connectivity index (χ1) is 7.39. The molecule has 0 aliphatic heterocycles. The molecule has 1 unspecified atom stereocenters. The van der Waals surface area contributed by atoms with Gasteiger partial charge in [0.2, 0.25) is 0 Å². The predicted octanol–water partition coefficient (Wildman–Crippen LogP) is -0.783. The Hall–Kier alpha value is -0.980. The Labute approximate surface area is 96.3 Å². The summed E-state index contributed by atoms with van der Waals surface area (Å²) in [6, 6.07) is 0. The Morgan fingerprint density at radius 3 is 2.75 bits per heavy atom. The van der Waals surface area contributed by atoms with Gasteiger partial charge in [0.05, 0.1) is 11.3 Å². The first-order valence-corrected chi connectivity index (χ1v) is 5.32. The summed E-state index contributed by atoms with van der Waals surface area (Å²) in [6.07, 6.45) is 1.85. The second-order valence-electron chi connectivity index (χ2n) is 4.72. The monoisotopic (exact) mass is 227 g/mol. The van der Waals surface area contributed by atoms with E-state index in [0.29, 0.717) is 19.6 Å². The highest BCUT2D eigenvalue weighted by molar-refractivity contribution is 4.91. The van der Waals surface area contributed by atoms with Crippen LogP contribution in [0.1, 0.15) is 12.6 Å². The fourth-order valence-electron chi connectivity index (χ4n) is 1.67. The van der Waals surface area contributed by atoms with Crippen LogP contribution in [-0.2, 0) is 13.6 Å². The van der Waals surface area contributed by atoms with Gasteiger partial charge in [0, 0.05) is 32.9 Å². The zero-order valence-electron chi connectivity index (χ0n) is 10.4. The van der Waals surface area contributed by atoms with Crippen LogP contribution in [0.2, 0.25) is 0 Å². The van der Waals surface area contributed by atoms with Crippen molar-refractivity contribution in [3.63, 3.8) is 0 Å². The molecule has 0 saturated carbocycles. The molecule has 0 saturated heterocycles. The molecule has 0 fully saturated rings. The summed E-state index contributed by atoms with van der Waals surface area (Å²) < 4.78 is 1.66. The standard InChI is InChI=1S/C10H21N5O/c1-10(16,8-14(2)3)7-11-5-9-6-15(4)13-12-9/h6,11,16H,5,7-8H2,1-4H3. The summed E-state index contributed by atoms with van der Waals surface area (Å²) in [6.45, 7) is 3.59. The molecule has 1 aromatic heterocycles. The van der Waals surface area contributed by atoms with Gasteiger partial charge in [0.1, 0.15) is 0 Å². The number of aryl methyl sites for hydroxylation is 1. The molecule has 2 N–H and O–H groups in total. The van der Waals surface area contributed by atoms with Crippen molar-refractivity contribution in [1.82, 2.24) is 25.2 Å². The lowest BCUT2D eigenvalue weighted by molar-refractivity contribution is 0.0335. The molecule has 92 valence electrons. The van der Waals surface area contributed by atoms with Gasteiger partial charge in [-0.15, -0.1) is 5.10 Å². The maximum absolute atomic E-state index is 10.0. The molecule has 0 aromatic carbocycles. The number of nitrogens with zero attached hydrogens (tertiary/aromatic N) is 4. The number of aromatic nitrogens is 3. The highest BCUT2D eigenvalue weighted by Gasteiger charge is 2.20. The van der Waals surface area contributed by atoms with Crippen LogP contribution in [0.5, 0.6) is 0 Å². The Kier molecular flexibility index (Phi) is 4.40. The number of hydrogen-bond acceptors (Lipinski definition) is 5. The van der Waals surface area contributed by atoms with Crippen molar-refractivity contribution >= 4 is 0 Å². The van der Waals surface area contributed by atoms with E-state index in [1.807, 2.05) is 39.2 Å². The lowest BCUT2D eigenvalue weighted by Crippen LogP contribution is -2.45. The van der Waals surface area contributed by atoms with Gasteiger partial charge in [-0.05, 0) is 21.0 Å². The first kappa shape index (κ1) is 13.1. The van der Waals surface area contributed by atoms with Crippen molar-refractivity contribution in [3.05, 3.63) is 11.9 Å². The minimum atomic E-state index is -0.730. The van der Waals surface area contributed by atoms with Crippen molar-refractivity contribution in [2.24, 2.45) is 7.05 Å². The molecule has 16 heavy (non-hydrogen) atoms. The maximum atomic E-state index is 10.0. The minimum Gasteiger partial charge on any atom is -0.388 e. The van der Waals surface area contributed by atoms with Gasteiger partial charge in [0.15, 0.2) is 0 Å². The van der Waals surface area contributed by atoms with E-state index in [0.717, 1.165) is 5.69 Å². The van der Waals surface area contributed by atoms with Crippen LogP contribution in [0.3, 0.4) is 0 Å². The minimum absolute atomic E-state index is 0.530. The Morgan fingerprint density at radius 2 is 2.25 bits per heavy atom. The molecule has 0 spiro atoms. The topological polar surface area (TPSA) is 66.2 Å². The van der Waals surface area contributed by atoms with E-state index in [9.17, 15) is 5.11 Å². The van der Waals surface area contributed by atoms with Gasteiger partial charge in [-0.25, -0.2) is 0 Å². The third kappa shape index (κ3) is 4.69. The molecule has 0 radical (unpaired) electrons. The van der Waals surface area contributed by atoms with Crippen LogP contribution >= 0.6 is 0 Å². The summed E-state index contributed by atoms with van der Waals surface area (Å²) in [4.78, 5) is 1.96. The van der Waals surface area contributed by atoms with E-state index in [-0.39, 0.29) is 0 Å². The number of rotatable bonds is 6. The van der Waals surface area contributed by atoms with E-state index >= 15 is 0 Å². The maximum Gasteiger partial charge on any atom is 0.0964 e. The van der Waals surface area contributed by atoms with Crippen molar-refractivity contribution in [1.29, 1.82) is 0 Å². The van der Waals surface area contributed by atoms with Gasteiger partial charge in [0.25, 0.3) is 0 Å². The van der Waals surface area contributed by atoms with Crippen molar-refractivity contribution < 1.29 is 5.11 Å². The van der Waals surface area contributed by atoms with Gasteiger partial charge in [-0.3, -0.25) is 4.68 Å². The molecule has 0 aliphatic rings. The fourth-order valence-corrected chi connectivity index (χ4v) is 1.67. The molecular formula is C10H21N5O. The normalized spacial score (nSPS) is 15.4. The molecule has 0 bridgehead atoms. The van der Waals surface area contributed by atoms with Crippen molar-refractivity contribution in [2.45, 2.75) is 19.1 Å². The van der Waals surface area contributed by atoms with Crippen LogP contribution in [-0.4, -0.2) is 57.8 Å². The van der Waals surface area contributed by atoms with Crippen LogP contribution in [0.4, 0.5) is 0 Å². The van der Waals surface area contributed by atoms with Crippen LogP contribution in [0.25, 0.3) is 0 Å². The quantitative estimate of drug-likeness (QED) is 0.667. The lowest BCUT2D eigenvalue weighted by Gasteiger charge is -2.27. The van der Waals surface area contributed by atoms with Gasteiger partial charge >= 0.3 is 0 Å². The summed E-state index contributed by atoms with van der Waals surface area (Å²) in [5.74, 6) is 0. The Morgan fingerprint density at radius 1 is 1.56 bits per heavy atom. The predicted molar refractivity (Wildman–Crippen MR) is 61.9 cm³/mol. The molecule has 1 heterocycles. The number of aliphatic hydroxyl groups is 1. The smallest absolute Gasteiger partial charge is 0.0964 e. The third-order valence-electron chi connectivity index (χ3n) is 2.12. The Bertz CT molecular complexity index is 321. The molecule has 6 nitrogen and oxygen atoms in total. The van der Waals surface area contributed by atoms with E-state index in [4.69, 9.17) is 0 Å². The van der Waals surface area contributed by atoms with E-state index in [1.54, 1.807) is 4.68 Å². The summed E-state index contributed by atoms with van der Waals surface area (Å²) in [5, 5.41) is 21.0. The van der Waals surface area contributed by atoms with Gasteiger partial charge < -0.3 is 15.3 Å². The summed E-state index contributed by atoms with van der Waals surface area (Å²) >= 11 is 0. The third-order valence-corrected chi connectivity index (χ3v) is 2.12. The average Bonchev–Trinajstić information content (AvgIpc) is 2.48. The fraction of sp³-hybridized carbons (Fsp3) is 0.800. The average molecular weight is 227 g/mol. The SMILES string of the molecule is CN(C)CC(C)(O)CNCc1cn(C)nn1. The molecule has 0 amide bonds. The second-order valence-corrected chi connectivity index (χ2v) is 4.72. The highest BCUT2D eigenvalue weighted by Crippen LogP contribution is 2.03. The van der Waals surface area contributed by atoms with Crippen LogP contribution in [0, 0.1) is 0 Å². The largest absolute Gasteiger partial charge is 0.388 e. The van der Waals surface area contributed by atoms with Gasteiger partial charge in [-0.2, -0.15) is 0 Å². The number of hydrogen-bond donors (Lipinski definition) is 2. The summed E-state index contributed by atoms with van der Waals surface area (Å²) in [7, 11) is 5.72. The molecule has 1 aromatic rings.